The lowest BCUT2D eigenvalue weighted by Gasteiger charge is -2.53. The Kier molecular flexibility index (Phi) is 2.83. The molecule has 1 aliphatic carbocycles. The molecule has 3 rings (SSSR count). The van der Waals surface area contributed by atoms with E-state index in [9.17, 15) is 22.8 Å². The minimum Gasteiger partial charge on any atom is -0.477 e. The van der Waals surface area contributed by atoms with Crippen LogP contribution in [0.2, 0.25) is 0 Å². The molecule has 0 unspecified atom stereocenters. The lowest BCUT2D eigenvalue weighted by molar-refractivity contribution is -0.198. The van der Waals surface area contributed by atoms with Crippen molar-refractivity contribution >= 4 is 11.9 Å². The number of carboxylic acid groups (broad SMARTS) is 1. The Morgan fingerprint density at radius 3 is 2.33 bits per heavy atom. The van der Waals surface area contributed by atoms with Gasteiger partial charge in [0.15, 0.2) is 0 Å². The quantitative estimate of drug-likeness (QED) is 0.862. The van der Waals surface area contributed by atoms with Gasteiger partial charge in [0, 0.05) is 18.8 Å². The Bertz CT molecular complexity index is 617. The van der Waals surface area contributed by atoms with Crippen molar-refractivity contribution in [2.45, 2.75) is 37.5 Å². The first-order valence-electron chi connectivity index (χ1n) is 6.59. The number of hydrogen-bond acceptors (Lipinski definition) is 2. The first-order chi connectivity index (χ1) is 9.77. The monoisotopic (exact) mass is 302 g/mol. The number of halogens is 3. The molecule has 114 valence electrons. The summed E-state index contributed by atoms with van der Waals surface area (Å²) in [6, 6.07) is 2.91. The van der Waals surface area contributed by atoms with Gasteiger partial charge in [-0.2, -0.15) is 13.2 Å². The molecule has 1 fully saturated rings. The second-order valence-corrected chi connectivity index (χ2v) is 5.40. The van der Waals surface area contributed by atoms with Crippen LogP contribution in [0.5, 0.6) is 0 Å². The molecular weight excluding hydrogens is 289 g/mol. The summed E-state index contributed by atoms with van der Waals surface area (Å²) in [6.45, 7) is -0.0617. The number of fused-ring (bicyclic) bond motifs is 2. The lowest BCUT2D eigenvalue weighted by Crippen LogP contribution is -2.61. The van der Waals surface area contributed by atoms with Gasteiger partial charge in [-0.15, -0.1) is 0 Å². The SMILES string of the molecule is O=C(O)c1ccc2n1CCN(C(=O)C(F)(F)F)C21CCC1. The Balaban J connectivity index is 2.05. The Hall–Kier alpha value is -1.99. The summed E-state index contributed by atoms with van der Waals surface area (Å²) in [4.78, 5) is 23.7. The average molecular weight is 302 g/mol. The molecule has 2 heterocycles. The van der Waals surface area contributed by atoms with Crippen molar-refractivity contribution in [2.24, 2.45) is 0 Å². The molecule has 1 N–H and O–H groups in total. The molecular formula is C13H13F3N2O3. The molecule has 2 aliphatic rings. The summed E-state index contributed by atoms with van der Waals surface area (Å²) >= 11 is 0. The Morgan fingerprint density at radius 1 is 1.19 bits per heavy atom. The van der Waals surface area contributed by atoms with Crippen LogP contribution in [0.15, 0.2) is 12.1 Å². The number of aromatic carboxylic acids is 1. The number of carbonyl (C=O) groups is 2. The van der Waals surface area contributed by atoms with Crippen LogP contribution in [0.25, 0.3) is 0 Å². The lowest BCUT2D eigenvalue weighted by atomic mass is 9.71. The zero-order chi connectivity index (χ0) is 15.4. The Labute approximate surface area is 117 Å². The molecule has 0 bridgehead atoms. The fourth-order valence-electron chi connectivity index (χ4n) is 3.34. The summed E-state index contributed by atoms with van der Waals surface area (Å²) in [7, 11) is 0. The predicted molar refractivity (Wildman–Crippen MR) is 64.7 cm³/mol. The maximum absolute atomic E-state index is 12.8. The smallest absolute Gasteiger partial charge is 0.471 e. The summed E-state index contributed by atoms with van der Waals surface area (Å²) in [5.74, 6) is -2.96. The third-order valence-electron chi connectivity index (χ3n) is 4.41. The van der Waals surface area contributed by atoms with E-state index in [4.69, 9.17) is 5.11 Å². The van der Waals surface area contributed by atoms with Crippen LogP contribution in [0.1, 0.15) is 35.4 Å². The third-order valence-corrected chi connectivity index (χ3v) is 4.41. The molecule has 1 spiro atoms. The topological polar surface area (TPSA) is 62.5 Å². The fourth-order valence-corrected chi connectivity index (χ4v) is 3.34. The van der Waals surface area contributed by atoms with Crippen molar-refractivity contribution in [1.82, 2.24) is 9.47 Å². The van der Waals surface area contributed by atoms with E-state index in [1.165, 1.54) is 16.7 Å². The highest BCUT2D eigenvalue weighted by atomic mass is 19.4. The van der Waals surface area contributed by atoms with Crippen molar-refractivity contribution in [3.8, 4) is 0 Å². The van der Waals surface area contributed by atoms with Gasteiger partial charge in [-0.3, -0.25) is 4.79 Å². The molecule has 1 aliphatic heterocycles. The number of alkyl halides is 3. The van der Waals surface area contributed by atoms with Gasteiger partial charge in [-0.25, -0.2) is 4.79 Å². The van der Waals surface area contributed by atoms with Crippen LogP contribution in [0.3, 0.4) is 0 Å². The van der Waals surface area contributed by atoms with E-state index >= 15 is 0 Å². The molecule has 0 atom stereocenters. The summed E-state index contributed by atoms with van der Waals surface area (Å²) in [5.41, 5.74) is -0.455. The van der Waals surface area contributed by atoms with Crippen LogP contribution in [-0.2, 0) is 16.9 Å². The standard InChI is InChI=1S/C13H13F3N2O3/c14-13(15,16)11(21)18-7-6-17-8(10(19)20)2-3-9(17)12(18)4-1-5-12/h2-3H,1,4-7H2,(H,19,20). The summed E-state index contributed by atoms with van der Waals surface area (Å²) in [6.07, 6.45) is -3.34. The fraction of sp³-hybridized carbons (Fsp3) is 0.538. The number of carboxylic acids is 1. The highest BCUT2D eigenvalue weighted by molar-refractivity contribution is 5.87. The number of nitrogens with zero attached hydrogens (tertiary/aromatic N) is 2. The number of carbonyl (C=O) groups excluding carboxylic acids is 1. The minimum absolute atomic E-state index is 0.0513. The van der Waals surface area contributed by atoms with E-state index in [0.29, 0.717) is 18.5 Å². The summed E-state index contributed by atoms with van der Waals surface area (Å²) in [5, 5.41) is 9.11. The van der Waals surface area contributed by atoms with Gasteiger partial charge in [0.25, 0.3) is 0 Å². The van der Waals surface area contributed by atoms with E-state index in [1.807, 2.05) is 0 Å². The van der Waals surface area contributed by atoms with Crippen molar-refractivity contribution in [1.29, 1.82) is 0 Å². The average Bonchev–Trinajstić information content (AvgIpc) is 2.77. The van der Waals surface area contributed by atoms with Crippen LogP contribution in [0.4, 0.5) is 13.2 Å². The zero-order valence-electron chi connectivity index (χ0n) is 11.0. The van der Waals surface area contributed by atoms with Crippen LogP contribution < -0.4 is 0 Å². The second-order valence-electron chi connectivity index (χ2n) is 5.40. The molecule has 0 saturated heterocycles. The normalized spacial score (nSPS) is 20.0. The van der Waals surface area contributed by atoms with Crippen molar-refractivity contribution in [2.75, 3.05) is 6.54 Å². The zero-order valence-corrected chi connectivity index (χ0v) is 11.0. The number of rotatable bonds is 1. The first kappa shape index (κ1) is 14.0. The van der Waals surface area contributed by atoms with Gasteiger partial charge in [-0.05, 0) is 31.4 Å². The molecule has 5 nitrogen and oxygen atoms in total. The molecule has 21 heavy (non-hydrogen) atoms. The number of hydrogen-bond donors (Lipinski definition) is 1. The highest BCUT2D eigenvalue weighted by Crippen LogP contribution is 2.49. The van der Waals surface area contributed by atoms with Gasteiger partial charge in [-0.1, -0.05) is 0 Å². The third kappa shape index (κ3) is 1.85. The Morgan fingerprint density at radius 2 is 1.86 bits per heavy atom. The van der Waals surface area contributed by atoms with Crippen molar-refractivity contribution in [3.63, 3.8) is 0 Å². The van der Waals surface area contributed by atoms with Gasteiger partial charge >= 0.3 is 18.1 Å². The van der Waals surface area contributed by atoms with E-state index in [1.54, 1.807) is 0 Å². The van der Waals surface area contributed by atoms with Gasteiger partial charge in [0.2, 0.25) is 0 Å². The molecule has 8 heteroatoms. The first-order valence-corrected chi connectivity index (χ1v) is 6.59. The number of aromatic nitrogens is 1. The van der Waals surface area contributed by atoms with Gasteiger partial charge < -0.3 is 14.6 Å². The molecule has 1 aromatic rings. The molecule has 1 aromatic heterocycles. The van der Waals surface area contributed by atoms with Crippen molar-refractivity contribution in [3.05, 3.63) is 23.5 Å². The maximum Gasteiger partial charge on any atom is 0.471 e. The molecule has 1 amide bonds. The van der Waals surface area contributed by atoms with Crippen LogP contribution in [0, 0.1) is 0 Å². The van der Waals surface area contributed by atoms with E-state index in [2.05, 4.69) is 0 Å². The minimum atomic E-state index is -4.91. The van der Waals surface area contributed by atoms with Gasteiger partial charge in [0.05, 0.1) is 5.54 Å². The van der Waals surface area contributed by atoms with Crippen LogP contribution >= 0.6 is 0 Å². The van der Waals surface area contributed by atoms with E-state index in [0.717, 1.165) is 11.3 Å². The van der Waals surface area contributed by atoms with Gasteiger partial charge in [0.1, 0.15) is 5.69 Å². The largest absolute Gasteiger partial charge is 0.477 e. The predicted octanol–water partition coefficient (Wildman–Crippen LogP) is 1.97. The molecule has 1 saturated carbocycles. The molecule has 0 aromatic carbocycles. The van der Waals surface area contributed by atoms with Crippen LogP contribution in [-0.4, -0.2) is 39.2 Å². The maximum atomic E-state index is 12.8. The summed E-state index contributed by atoms with van der Waals surface area (Å²) < 4.78 is 39.8. The van der Waals surface area contributed by atoms with E-state index in [-0.39, 0.29) is 18.8 Å². The second kappa shape index (κ2) is 4.25. The highest BCUT2D eigenvalue weighted by Gasteiger charge is 2.55. The molecule has 0 radical (unpaired) electrons. The van der Waals surface area contributed by atoms with E-state index < -0.39 is 23.6 Å². The number of amides is 1. The van der Waals surface area contributed by atoms with Crippen molar-refractivity contribution < 1.29 is 27.9 Å².